The van der Waals surface area contributed by atoms with Gasteiger partial charge in [0.05, 0.1) is 0 Å². The molecular formula is C20H18BrN3O2. The summed E-state index contributed by atoms with van der Waals surface area (Å²) in [6, 6.07) is 15.0. The number of benzene rings is 2. The topological polar surface area (TPSA) is 65.2 Å². The van der Waals surface area contributed by atoms with Gasteiger partial charge in [-0.25, -0.2) is 0 Å². The van der Waals surface area contributed by atoms with Gasteiger partial charge in [0.1, 0.15) is 6.04 Å². The number of carbonyl (C=O) groups is 2. The molecule has 26 heavy (non-hydrogen) atoms. The number of aromatic nitrogens is 1. The Morgan fingerprint density at radius 2 is 1.96 bits per heavy atom. The Morgan fingerprint density at radius 1 is 1.19 bits per heavy atom. The summed E-state index contributed by atoms with van der Waals surface area (Å²) in [5.41, 5.74) is 2.78. The fraction of sp³-hybridized carbons (Fsp3) is 0.200. The molecule has 0 saturated carbocycles. The molecule has 4 rings (SSSR count). The van der Waals surface area contributed by atoms with Crippen LogP contribution in [0.25, 0.3) is 10.9 Å². The van der Waals surface area contributed by atoms with Gasteiger partial charge in [0.15, 0.2) is 0 Å². The lowest BCUT2D eigenvalue weighted by molar-refractivity contribution is -0.133. The molecule has 0 aliphatic carbocycles. The molecular weight excluding hydrogens is 394 g/mol. The molecule has 0 spiro atoms. The minimum atomic E-state index is -0.445. The Kier molecular flexibility index (Phi) is 4.51. The van der Waals surface area contributed by atoms with Crippen molar-refractivity contribution < 1.29 is 9.59 Å². The normalized spacial score (nSPS) is 17.0. The molecule has 1 atom stereocenters. The predicted molar refractivity (Wildman–Crippen MR) is 105 cm³/mol. The number of para-hydroxylation sites is 1. The first-order chi connectivity index (χ1) is 12.6. The molecule has 2 heterocycles. The highest BCUT2D eigenvalue weighted by molar-refractivity contribution is 9.10. The largest absolute Gasteiger partial charge is 0.361 e. The van der Waals surface area contributed by atoms with Crippen LogP contribution < -0.4 is 5.32 Å². The van der Waals surface area contributed by atoms with Crippen molar-refractivity contribution in [3.8, 4) is 0 Å². The molecule has 1 unspecified atom stereocenters. The molecule has 0 radical (unpaired) electrons. The number of rotatable bonds is 4. The van der Waals surface area contributed by atoms with Crippen molar-refractivity contribution in [1.82, 2.24) is 9.88 Å². The van der Waals surface area contributed by atoms with Gasteiger partial charge in [-0.05, 0) is 42.3 Å². The van der Waals surface area contributed by atoms with E-state index in [0.717, 1.165) is 26.6 Å². The number of H-pyrrole nitrogens is 1. The van der Waals surface area contributed by atoms with Crippen LogP contribution in [0.1, 0.15) is 18.4 Å². The van der Waals surface area contributed by atoms with E-state index in [1.54, 1.807) is 4.90 Å². The molecule has 2 aromatic carbocycles. The van der Waals surface area contributed by atoms with Gasteiger partial charge >= 0.3 is 0 Å². The van der Waals surface area contributed by atoms with Gasteiger partial charge in [-0.2, -0.15) is 0 Å². The van der Waals surface area contributed by atoms with Crippen molar-refractivity contribution in [2.24, 2.45) is 0 Å². The van der Waals surface area contributed by atoms with Crippen LogP contribution in [0.5, 0.6) is 0 Å². The monoisotopic (exact) mass is 411 g/mol. The average Bonchev–Trinajstić information content (AvgIpc) is 3.22. The number of halogens is 1. The number of hydrogen-bond donors (Lipinski definition) is 2. The van der Waals surface area contributed by atoms with Gasteiger partial charge in [-0.3, -0.25) is 9.59 Å². The van der Waals surface area contributed by atoms with E-state index in [4.69, 9.17) is 0 Å². The van der Waals surface area contributed by atoms with E-state index in [-0.39, 0.29) is 11.8 Å². The molecule has 1 aliphatic heterocycles. The van der Waals surface area contributed by atoms with E-state index < -0.39 is 6.04 Å². The van der Waals surface area contributed by atoms with Crippen molar-refractivity contribution >= 4 is 44.3 Å². The molecule has 0 bridgehead atoms. The van der Waals surface area contributed by atoms with Crippen molar-refractivity contribution in [2.45, 2.75) is 25.4 Å². The van der Waals surface area contributed by atoms with E-state index in [1.807, 2.05) is 54.7 Å². The summed E-state index contributed by atoms with van der Waals surface area (Å²) in [6.45, 7) is 0.432. The Bertz CT molecular complexity index is 965. The number of amides is 2. The van der Waals surface area contributed by atoms with Gasteiger partial charge in [0.25, 0.3) is 0 Å². The quantitative estimate of drug-likeness (QED) is 0.679. The number of nitrogens with zero attached hydrogens (tertiary/aromatic N) is 1. The van der Waals surface area contributed by atoms with E-state index in [2.05, 4.69) is 26.2 Å². The maximum absolute atomic E-state index is 12.7. The van der Waals surface area contributed by atoms with Crippen LogP contribution in [0.4, 0.5) is 5.69 Å². The molecule has 2 N–H and O–H groups in total. The summed E-state index contributed by atoms with van der Waals surface area (Å²) >= 11 is 3.38. The molecule has 2 amide bonds. The maximum Gasteiger partial charge on any atom is 0.247 e. The second-order valence-corrected chi connectivity index (χ2v) is 7.35. The molecule has 5 nitrogen and oxygen atoms in total. The van der Waals surface area contributed by atoms with Gasteiger partial charge in [-0.1, -0.05) is 34.1 Å². The zero-order valence-electron chi connectivity index (χ0n) is 14.0. The lowest BCUT2D eigenvalue weighted by atomic mass is 10.1. The van der Waals surface area contributed by atoms with Crippen LogP contribution in [-0.4, -0.2) is 27.7 Å². The number of anilines is 1. The van der Waals surface area contributed by atoms with E-state index in [9.17, 15) is 9.59 Å². The minimum absolute atomic E-state index is 0.0197. The third-order valence-electron chi connectivity index (χ3n) is 4.76. The molecule has 1 aromatic heterocycles. The number of fused-ring (bicyclic) bond motifs is 1. The van der Waals surface area contributed by atoms with Crippen molar-refractivity contribution in [1.29, 1.82) is 0 Å². The zero-order chi connectivity index (χ0) is 18.1. The van der Waals surface area contributed by atoms with Crippen LogP contribution in [0.2, 0.25) is 0 Å². The number of carbonyl (C=O) groups excluding carboxylic acids is 2. The summed E-state index contributed by atoms with van der Waals surface area (Å²) in [5.74, 6) is -0.121. The lowest BCUT2D eigenvalue weighted by Crippen LogP contribution is -2.41. The standard InChI is InChI=1S/C20H18BrN3O2/c21-14-5-7-15(8-6-14)23-20(26)18-9-10-19(25)24(18)12-13-11-22-17-4-2-1-3-16(13)17/h1-8,11,18,22H,9-10,12H2,(H,23,26). The summed E-state index contributed by atoms with van der Waals surface area (Å²) in [4.78, 5) is 30.0. The van der Waals surface area contributed by atoms with Crippen LogP contribution >= 0.6 is 15.9 Å². The summed E-state index contributed by atoms with van der Waals surface area (Å²) in [6.07, 6.45) is 2.87. The van der Waals surface area contributed by atoms with Crippen molar-refractivity contribution in [2.75, 3.05) is 5.32 Å². The van der Waals surface area contributed by atoms with Crippen molar-refractivity contribution in [3.63, 3.8) is 0 Å². The zero-order valence-corrected chi connectivity index (χ0v) is 15.6. The average molecular weight is 412 g/mol. The van der Waals surface area contributed by atoms with E-state index in [0.29, 0.717) is 19.4 Å². The van der Waals surface area contributed by atoms with Gasteiger partial charge < -0.3 is 15.2 Å². The van der Waals surface area contributed by atoms with Crippen LogP contribution in [-0.2, 0) is 16.1 Å². The molecule has 132 valence electrons. The lowest BCUT2D eigenvalue weighted by Gasteiger charge is -2.24. The maximum atomic E-state index is 12.7. The first-order valence-corrected chi connectivity index (χ1v) is 9.32. The Balaban J connectivity index is 1.53. The summed E-state index contributed by atoms with van der Waals surface area (Å²) < 4.78 is 0.951. The van der Waals surface area contributed by atoms with Crippen LogP contribution in [0.3, 0.4) is 0 Å². The van der Waals surface area contributed by atoms with E-state index in [1.165, 1.54) is 0 Å². The SMILES string of the molecule is O=C(Nc1ccc(Br)cc1)C1CCC(=O)N1Cc1c[nH]c2ccccc12. The molecule has 3 aromatic rings. The second-order valence-electron chi connectivity index (χ2n) is 6.43. The number of nitrogens with one attached hydrogen (secondary N) is 2. The predicted octanol–water partition coefficient (Wildman–Crippen LogP) is 4.06. The first kappa shape index (κ1) is 16.8. The van der Waals surface area contributed by atoms with E-state index >= 15 is 0 Å². The number of aromatic amines is 1. The molecule has 1 saturated heterocycles. The smallest absolute Gasteiger partial charge is 0.247 e. The van der Waals surface area contributed by atoms with Crippen LogP contribution in [0, 0.1) is 0 Å². The fourth-order valence-electron chi connectivity index (χ4n) is 3.41. The van der Waals surface area contributed by atoms with Crippen molar-refractivity contribution in [3.05, 3.63) is 64.8 Å². The van der Waals surface area contributed by atoms with Crippen LogP contribution in [0.15, 0.2) is 59.2 Å². The molecule has 1 aliphatic rings. The highest BCUT2D eigenvalue weighted by atomic mass is 79.9. The summed E-state index contributed by atoms with van der Waals surface area (Å²) in [5, 5.41) is 4.00. The molecule has 6 heteroatoms. The number of likely N-dealkylation sites (tertiary alicyclic amines) is 1. The Morgan fingerprint density at radius 3 is 2.77 bits per heavy atom. The third kappa shape index (κ3) is 3.24. The van der Waals surface area contributed by atoms with Gasteiger partial charge in [0.2, 0.25) is 11.8 Å². The number of hydrogen-bond acceptors (Lipinski definition) is 2. The van der Waals surface area contributed by atoms with Gasteiger partial charge in [0, 0.05) is 40.2 Å². The highest BCUT2D eigenvalue weighted by Gasteiger charge is 2.36. The first-order valence-electron chi connectivity index (χ1n) is 8.53. The highest BCUT2D eigenvalue weighted by Crippen LogP contribution is 2.26. The second kappa shape index (κ2) is 6.96. The Hall–Kier alpha value is -2.60. The minimum Gasteiger partial charge on any atom is -0.361 e. The Labute approximate surface area is 159 Å². The summed E-state index contributed by atoms with van der Waals surface area (Å²) in [7, 11) is 0. The fourth-order valence-corrected chi connectivity index (χ4v) is 3.67. The van der Waals surface area contributed by atoms with Gasteiger partial charge in [-0.15, -0.1) is 0 Å². The third-order valence-corrected chi connectivity index (χ3v) is 5.29. The molecule has 1 fully saturated rings.